The molecule has 2 aromatic rings. The SMILES string of the molecule is Cc1ccc(CN(C)C(=O)CCc2ccccc2N)o1. The van der Waals surface area contributed by atoms with Crippen molar-refractivity contribution >= 4 is 11.6 Å². The average molecular weight is 272 g/mol. The number of benzene rings is 1. The smallest absolute Gasteiger partial charge is 0.223 e. The van der Waals surface area contributed by atoms with E-state index in [1.807, 2.05) is 43.3 Å². The Hall–Kier alpha value is -2.23. The maximum atomic E-state index is 12.1. The molecule has 106 valence electrons. The van der Waals surface area contributed by atoms with Gasteiger partial charge in [0.25, 0.3) is 0 Å². The molecule has 0 unspecified atom stereocenters. The Balaban J connectivity index is 1.87. The third kappa shape index (κ3) is 3.63. The quantitative estimate of drug-likeness (QED) is 0.851. The van der Waals surface area contributed by atoms with Crippen molar-refractivity contribution in [3.63, 3.8) is 0 Å². The number of nitrogens with zero attached hydrogens (tertiary/aromatic N) is 1. The van der Waals surface area contributed by atoms with Crippen LogP contribution in [0.15, 0.2) is 40.8 Å². The minimum atomic E-state index is 0.0855. The summed E-state index contributed by atoms with van der Waals surface area (Å²) in [5.74, 6) is 1.75. The molecule has 2 N–H and O–H groups in total. The lowest BCUT2D eigenvalue weighted by Crippen LogP contribution is -2.26. The Kier molecular flexibility index (Phi) is 4.45. The highest BCUT2D eigenvalue weighted by atomic mass is 16.3. The minimum absolute atomic E-state index is 0.0855. The molecule has 0 aliphatic rings. The van der Waals surface area contributed by atoms with Gasteiger partial charge in [0.15, 0.2) is 0 Å². The van der Waals surface area contributed by atoms with E-state index in [4.69, 9.17) is 10.2 Å². The Morgan fingerprint density at radius 1 is 1.25 bits per heavy atom. The molecule has 0 aliphatic carbocycles. The van der Waals surface area contributed by atoms with E-state index in [1.54, 1.807) is 11.9 Å². The van der Waals surface area contributed by atoms with E-state index >= 15 is 0 Å². The third-order valence-electron chi connectivity index (χ3n) is 3.28. The molecular formula is C16H20N2O2. The molecule has 0 fully saturated rings. The van der Waals surface area contributed by atoms with Crippen LogP contribution in [-0.2, 0) is 17.8 Å². The second-order valence-corrected chi connectivity index (χ2v) is 4.96. The first-order valence-electron chi connectivity index (χ1n) is 6.69. The van der Waals surface area contributed by atoms with Crippen LogP contribution in [0.25, 0.3) is 0 Å². The number of hydrogen-bond donors (Lipinski definition) is 1. The number of nitrogen functional groups attached to an aromatic ring is 1. The van der Waals surface area contributed by atoms with Crippen molar-refractivity contribution in [2.45, 2.75) is 26.3 Å². The molecule has 2 rings (SSSR count). The van der Waals surface area contributed by atoms with Crippen molar-refractivity contribution in [1.82, 2.24) is 4.90 Å². The number of anilines is 1. The second kappa shape index (κ2) is 6.28. The van der Waals surface area contributed by atoms with Gasteiger partial charge in [0, 0.05) is 19.2 Å². The van der Waals surface area contributed by atoms with E-state index in [0.29, 0.717) is 19.4 Å². The molecule has 0 saturated carbocycles. The number of hydrogen-bond acceptors (Lipinski definition) is 3. The number of furan rings is 1. The fraction of sp³-hybridized carbons (Fsp3) is 0.312. The molecule has 0 aliphatic heterocycles. The molecule has 1 amide bonds. The molecule has 20 heavy (non-hydrogen) atoms. The van der Waals surface area contributed by atoms with E-state index in [-0.39, 0.29) is 5.91 Å². The molecule has 4 heteroatoms. The third-order valence-corrected chi connectivity index (χ3v) is 3.28. The molecule has 0 bridgehead atoms. The van der Waals surface area contributed by atoms with Crippen molar-refractivity contribution in [1.29, 1.82) is 0 Å². The van der Waals surface area contributed by atoms with Crippen LogP contribution in [-0.4, -0.2) is 17.9 Å². The summed E-state index contributed by atoms with van der Waals surface area (Å²) in [6.07, 6.45) is 1.11. The van der Waals surface area contributed by atoms with Crippen molar-refractivity contribution < 1.29 is 9.21 Å². The van der Waals surface area contributed by atoms with Crippen molar-refractivity contribution in [3.8, 4) is 0 Å². The summed E-state index contributed by atoms with van der Waals surface area (Å²) < 4.78 is 5.47. The van der Waals surface area contributed by atoms with Gasteiger partial charge in [0.05, 0.1) is 6.54 Å². The molecule has 0 saturated heterocycles. The van der Waals surface area contributed by atoms with E-state index in [2.05, 4.69) is 0 Å². The normalized spacial score (nSPS) is 10.5. The summed E-state index contributed by atoms with van der Waals surface area (Å²) in [5.41, 5.74) is 7.63. The zero-order chi connectivity index (χ0) is 14.5. The van der Waals surface area contributed by atoms with Gasteiger partial charge in [-0.2, -0.15) is 0 Å². The Labute approximate surface area is 119 Å². The Morgan fingerprint density at radius 2 is 2.00 bits per heavy atom. The number of aryl methyl sites for hydroxylation is 2. The van der Waals surface area contributed by atoms with Crippen LogP contribution in [0.3, 0.4) is 0 Å². The molecule has 0 radical (unpaired) electrons. The average Bonchev–Trinajstić information content (AvgIpc) is 2.82. The van der Waals surface area contributed by atoms with E-state index < -0.39 is 0 Å². The molecule has 1 aromatic heterocycles. The summed E-state index contributed by atoms with van der Waals surface area (Å²) in [6, 6.07) is 11.4. The molecule has 0 spiro atoms. The Morgan fingerprint density at radius 3 is 2.65 bits per heavy atom. The largest absolute Gasteiger partial charge is 0.464 e. The predicted octanol–water partition coefficient (Wildman–Crippen LogP) is 2.76. The first-order valence-corrected chi connectivity index (χ1v) is 6.69. The number of carbonyl (C=O) groups excluding carboxylic acids is 1. The van der Waals surface area contributed by atoms with Gasteiger partial charge in [-0.05, 0) is 37.1 Å². The van der Waals surface area contributed by atoms with Crippen LogP contribution in [0.1, 0.15) is 23.5 Å². The van der Waals surface area contributed by atoms with Crippen LogP contribution < -0.4 is 5.73 Å². The zero-order valence-electron chi connectivity index (χ0n) is 11.9. The summed E-state index contributed by atoms with van der Waals surface area (Å²) in [7, 11) is 1.79. The van der Waals surface area contributed by atoms with E-state index in [0.717, 1.165) is 22.8 Å². The number of nitrogens with two attached hydrogens (primary N) is 1. The van der Waals surface area contributed by atoms with Crippen LogP contribution in [0, 0.1) is 6.92 Å². The molecule has 1 heterocycles. The van der Waals surface area contributed by atoms with Crippen LogP contribution >= 0.6 is 0 Å². The highest BCUT2D eigenvalue weighted by Gasteiger charge is 2.11. The fourth-order valence-electron chi connectivity index (χ4n) is 2.09. The zero-order valence-corrected chi connectivity index (χ0v) is 11.9. The molecule has 4 nitrogen and oxygen atoms in total. The summed E-state index contributed by atoms with van der Waals surface area (Å²) >= 11 is 0. The number of rotatable bonds is 5. The molecule has 1 aromatic carbocycles. The van der Waals surface area contributed by atoms with Gasteiger partial charge in [-0.25, -0.2) is 0 Å². The van der Waals surface area contributed by atoms with Crippen LogP contribution in [0.2, 0.25) is 0 Å². The highest BCUT2D eigenvalue weighted by molar-refractivity contribution is 5.76. The predicted molar refractivity (Wildman–Crippen MR) is 79.1 cm³/mol. The summed E-state index contributed by atoms with van der Waals surface area (Å²) in [4.78, 5) is 13.8. The monoisotopic (exact) mass is 272 g/mol. The van der Waals surface area contributed by atoms with Gasteiger partial charge >= 0.3 is 0 Å². The Bertz CT molecular complexity index is 590. The van der Waals surface area contributed by atoms with Gasteiger partial charge in [-0.3, -0.25) is 4.79 Å². The lowest BCUT2D eigenvalue weighted by atomic mass is 10.1. The van der Waals surface area contributed by atoms with Gasteiger partial charge < -0.3 is 15.1 Å². The lowest BCUT2D eigenvalue weighted by molar-refractivity contribution is -0.130. The standard InChI is InChI=1S/C16H20N2O2/c1-12-7-9-14(20-12)11-18(2)16(19)10-8-13-5-3-4-6-15(13)17/h3-7,9H,8,10-11,17H2,1-2H3. The highest BCUT2D eigenvalue weighted by Crippen LogP contribution is 2.14. The summed E-state index contributed by atoms with van der Waals surface area (Å²) in [6.45, 7) is 2.39. The van der Waals surface area contributed by atoms with Gasteiger partial charge in [0.1, 0.15) is 11.5 Å². The number of para-hydroxylation sites is 1. The summed E-state index contributed by atoms with van der Waals surface area (Å²) in [5, 5.41) is 0. The van der Waals surface area contributed by atoms with E-state index in [9.17, 15) is 4.79 Å². The second-order valence-electron chi connectivity index (χ2n) is 4.96. The topological polar surface area (TPSA) is 59.5 Å². The maximum Gasteiger partial charge on any atom is 0.223 e. The number of carbonyl (C=O) groups is 1. The van der Waals surface area contributed by atoms with Crippen molar-refractivity contribution in [2.24, 2.45) is 0 Å². The fourth-order valence-corrected chi connectivity index (χ4v) is 2.09. The van der Waals surface area contributed by atoms with Crippen LogP contribution in [0.5, 0.6) is 0 Å². The van der Waals surface area contributed by atoms with Crippen LogP contribution in [0.4, 0.5) is 5.69 Å². The van der Waals surface area contributed by atoms with Gasteiger partial charge in [-0.15, -0.1) is 0 Å². The minimum Gasteiger partial charge on any atom is -0.464 e. The van der Waals surface area contributed by atoms with Crippen molar-refractivity contribution in [2.75, 3.05) is 12.8 Å². The van der Waals surface area contributed by atoms with Gasteiger partial charge in [-0.1, -0.05) is 18.2 Å². The first-order chi connectivity index (χ1) is 9.56. The molecular weight excluding hydrogens is 252 g/mol. The van der Waals surface area contributed by atoms with Crippen molar-refractivity contribution in [3.05, 3.63) is 53.5 Å². The molecule has 0 atom stereocenters. The van der Waals surface area contributed by atoms with E-state index in [1.165, 1.54) is 0 Å². The number of amides is 1. The first kappa shape index (κ1) is 14.2. The lowest BCUT2D eigenvalue weighted by Gasteiger charge is -2.16. The van der Waals surface area contributed by atoms with Gasteiger partial charge in [0.2, 0.25) is 5.91 Å². The maximum absolute atomic E-state index is 12.1.